The monoisotopic (exact) mass is 1790 g/mol. The molecule has 40 nitrogen and oxygen atoms in total. The highest BCUT2D eigenvalue weighted by Crippen LogP contribution is 2.50. The highest BCUT2D eigenvalue weighted by atomic mass is 35.5. The molecule has 8 amide bonds. The number of hydrogen-bond donors (Lipinski definition) is 21. The third-order valence-corrected chi connectivity index (χ3v) is 21.7. The van der Waals surface area contributed by atoms with Crippen LogP contribution in [0.25, 0.3) is 11.1 Å². The van der Waals surface area contributed by atoms with E-state index in [0.29, 0.717) is 0 Å². The van der Waals surface area contributed by atoms with Crippen molar-refractivity contribution in [1.82, 2.24) is 57.5 Å². The molecule has 22 N–H and O–H groups in total. The number of aliphatic carboxylic acids is 1. The van der Waals surface area contributed by atoms with Crippen LogP contribution in [0, 0.1) is 5.92 Å². The van der Waals surface area contributed by atoms with Crippen LogP contribution in [0.5, 0.6) is 51.7 Å². The van der Waals surface area contributed by atoms with Gasteiger partial charge in [0.25, 0.3) is 5.91 Å². The number of hydrazine groups is 1. The van der Waals surface area contributed by atoms with Crippen LogP contribution in [-0.2, 0) is 59.1 Å². The largest absolute Gasteiger partial charge is 0.573 e. The van der Waals surface area contributed by atoms with E-state index in [-0.39, 0.29) is 54.4 Å². The van der Waals surface area contributed by atoms with E-state index in [9.17, 15) is 97.8 Å². The third kappa shape index (κ3) is 20.9. The number of fused-ring (bicyclic) bond motifs is 15. The molecule has 7 aliphatic rings. The smallest absolute Gasteiger partial charge is 0.508 e. The number of benzene rings is 6. The second-order valence-corrected chi connectivity index (χ2v) is 31.3. The number of primary amides is 1. The maximum Gasteiger partial charge on any atom is 0.573 e. The summed E-state index contributed by atoms with van der Waals surface area (Å²) in [6, 6.07) is 3.79. The van der Waals surface area contributed by atoms with Gasteiger partial charge < -0.3 is 132 Å². The molecule has 6 aromatic carbocycles. The lowest BCUT2D eigenvalue weighted by Crippen LogP contribution is -2.65. The van der Waals surface area contributed by atoms with Crippen LogP contribution in [0.3, 0.4) is 0 Å². The number of hydrogen-bond acceptors (Lipinski definition) is 30. The summed E-state index contributed by atoms with van der Waals surface area (Å²) in [5, 5.41) is 136. The Balaban J connectivity index is 0.971. The number of phenols is 3. The van der Waals surface area contributed by atoms with Crippen molar-refractivity contribution < 1.29 is 141 Å². The number of aliphatic hydroxyl groups is 6. The van der Waals surface area contributed by atoms with E-state index in [1.807, 2.05) is 0 Å². The molecule has 11 bridgehead atoms. The molecule has 14 rings (SSSR count). The predicted molar refractivity (Wildman–Crippen MR) is 426 cm³/mol. The maximum atomic E-state index is 16.2. The minimum absolute atomic E-state index is 0.0912. The van der Waals surface area contributed by atoms with Crippen LogP contribution in [-0.4, -0.2) is 219 Å². The Morgan fingerprint density at radius 2 is 1.36 bits per heavy atom. The molecule has 8 heterocycles. The lowest BCUT2D eigenvalue weighted by atomic mass is 9.85. The summed E-state index contributed by atoms with van der Waals surface area (Å²) in [6.45, 7) is 5.31. The molecular formula is C80H86Cl2F3N13O27. The van der Waals surface area contributed by atoms with Crippen LogP contribution in [0.4, 0.5) is 19.0 Å². The Bertz CT molecular complexity index is 5370. The molecule has 7 aliphatic heterocycles. The number of likely N-dealkylation sites (N-methyl/N-ethyl adjacent to an activating group) is 1. The number of alkyl halides is 3. The van der Waals surface area contributed by atoms with Crippen molar-refractivity contribution >= 4 is 82.2 Å². The van der Waals surface area contributed by atoms with Crippen LogP contribution < -0.4 is 83.8 Å². The van der Waals surface area contributed by atoms with Crippen molar-refractivity contribution in [2.24, 2.45) is 11.7 Å². The number of amides is 8. The van der Waals surface area contributed by atoms with Gasteiger partial charge >= 0.3 is 18.0 Å². The van der Waals surface area contributed by atoms with Gasteiger partial charge in [-0.1, -0.05) is 55.2 Å². The molecule has 0 saturated carbocycles. The second kappa shape index (κ2) is 38.1. The van der Waals surface area contributed by atoms with E-state index in [2.05, 4.69) is 63.1 Å². The average molecular weight is 1790 g/mol. The number of anilines is 1. The first kappa shape index (κ1) is 92.0. The number of phenolic OH excluding ortho intramolecular Hbond substituents is 3. The number of rotatable bonds is 21. The molecule has 18 atom stereocenters. The van der Waals surface area contributed by atoms with Crippen molar-refractivity contribution in [2.45, 2.75) is 169 Å². The number of aliphatic hydroxyl groups excluding tert-OH is 6. The number of nitrogens with one attached hydrogen (secondary N) is 10. The number of carboxylic acid groups (broad SMARTS) is 1. The van der Waals surface area contributed by atoms with Crippen LogP contribution >= 0.6 is 23.2 Å². The first-order chi connectivity index (χ1) is 59.1. The van der Waals surface area contributed by atoms with E-state index in [1.165, 1.54) is 32.3 Å². The fourth-order valence-electron chi connectivity index (χ4n) is 14.8. The van der Waals surface area contributed by atoms with Gasteiger partial charge in [-0.25, -0.2) is 9.59 Å². The van der Waals surface area contributed by atoms with Crippen molar-refractivity contribution in [3.63, 3.8) is 0 Å². The molecule has 2 saturated heterocycles. The molecule has 2 fully saturated rings. The summed E-state index contributed by atoms with van der Waals surface area (Å²) in [5.74, 6) is -18.3. The minimum atomic E-state index is -4.98. The first-order valence-electron chi connectivity index (χ1n) is 38.5. The van der Waals surface area contributed by atoms with E-state index in [0.717, 1.165) is 102 Å². The molecule has 125 heavy (non-hydrogen) atoms. The number of nitrogens with two attached hydrogens (primary N) is 1. The summed E-state index contributed by atoms with van der Waals surface area (Å²) in [6.07, 6.45) is -23.6. The van der Waals surface area contributed by atoms with E-state index in [4.69, 9.17) is 57.4 Å². The van der Waals surface area contributed by atoms with Gasteiger partial charge in [0.15, 0.2) is 35.8 Å². The highest BCUT2D eigenvalue weighted by molar-refractivity contribution is 6.32. The van der Waals surface area contributed by atoms with Gasteiger partial charge in [0, 0.05) is 59.6 Å². The summed E-state index contributed by atoms with van der Waals surface area (Å²) < 4.78 is 82.3. The fourth-order valence-corrected chi connectivity index (χ4v) is 15.2. The summed E-state index contributed by atoms with van der Waals surface area (Å²) in [4.78, 5) is 148. The molecule has 0 spiro atoms. The second-order valence-electron chi connectivity index (χ2n) is 30.5. The zero-order valence-corrected chi connectivity index (χ0v) is 67.9. The number of halogens is 5. The Kier molecular flexibility index (Phi) is 28.0. The Labute approximate surface area is 715 Å². The van der Waals surface area contributed by atoms with Crippen molar-refractivity contribution in [1.29, 1.82) is 0 Å². The van der Waals surface area contributed by atoms with Crippen LogP contribution in [0.15, 0.2) is 120 Å². The Hall–Kier alpha value is -12.2. The molecular weight excluding hydrogens is 1700 g/mol. The van der Waals surface area contributed by atoms with Gasteiger partial charge in [0.1, 0.15) is 95.2 Å². The molecule has 3 unspecified atom stereocenters. The normalized spacial score (nSPS) is 26.0. The molecule has 668 valence electrons. The lowest BCUT2D eigenvalue weighted by molar-refractivity contribution is -0.334. The number of carboxylic acids is 1. The SMILES string of the molecule is CN[C@@H](CC(C)C)C(=O)N[C@H]1C(=O)N[C@@H](CC(N)=O)C(=O)NC2C(=O)N[C@@H]3C(=O)N[C@@H](C(=O)N[C@@H](C(=O)O)c4cc(O)cc(O)c4-c4cc3ccc4O)[C@H](O)c3ccc(c(Cl)c3)Oc3cc2cc(c3OC2O[C@@H](CO)[C@@H](O)[C@@H](O)[C@H]2O[C@H]2CC(C)(NCCn3ccc(NNC(=O)c4ccc(OC(F)(F)F)cc4)nc3=O)[C@@H](O)[C@@H](C)O2)Oc2ccc(cc2Cl)[C@H]1O. The highest BCUT2D eigenvalue weighted by Gasteiger charge is 2.52. The number of ether oxygens (including phenoxy) is 7. The van der Waals surface area contributed by atoms with E-state index >= 15 is 14.4 Å². The predicted octanol–water partition coefficient (Wildman–Crippen LogP) is 1.65. The average Bonchev–Trinajstić information content (AvgIpc) is 0.764. The molecule has 7 aromatic rings. The Morgan fingerprint density at radius 1 is 0.728 bits per heavy atom. The fraction of sp³-hybridized carbons (Fsp3) is 0.388. The van der Waals surface area contributed by atoms with Crippen LogP contribution in [0.1, 0.15) is 115 Å². The zero-order valence-electron chi connectivity index (χ0n) is 66.4. The molecule has 0 radical (unpaired) electrons. The number of aromatic nitrogens is 2. The van der Waals surface area contributed by atoms with E-state index < -0.39 is 277 Å². The summed E-state index contributed by atoms with van der Waals surface area (Å²) >= 11 is 14.3. The topological polar surface area (TPSA) is 602 Å². The molecule has 0 aliphatic carbocycles. The van der Waals surface area contributed by atoms with Gasteiger partial charge in [-0.05, 0) is 140 Å². The zero-order chi connectivity index (χ0) is 90.7. The third-order valence-electron chi connectivity index (χ3n) is 21.1. The van der Waals surface area contributed by atoms with Crippen molar-refractivity contribution in [3.05, 3.63) is 169 Å². The lowest BCUT2D eigenvalue weighted by Gasteiger charge is -2.48. The maximum absolute atomic E-state index is 16.2. The van der Waals surface area contributed by atoms with Crippen LogP contribution in [0.2, 0.25) is 10.0 Å². The number of aromatic hydroxyl groups is 3. The van der Waals surface area contributed by atoms with Gasteiger partial charge in [-0.15, -0.1) is 13.2 Å². The van der Waals surface area contributed by atoms with Crippen molar-refractivity contribution in [3.8, 4) is 62.9 Å². The van der Waals surface area contributed by atoms with Gasteiger partial charge in [-0.2, -0.15) is 4.98 Å². The number of carbonyl (C=O) groups excluding carboxylic acids is 8. The quantitative estimate of drug-likeness (QED) is 0.0455. The molecule has 1 aromatic heterocycles. The summed E-state index contributed by atoms with van der Waals surface area (Å²) in [7, 11) is 1.45. The van der Waals surface area contributed by atoms with Crippen molar-refractivity contribution in [2.75, 3.05) is 25.6 Å². The van der Waals surface area contributed by atoms with Gasteiger partial charge in [-0.3, -0.25) is 53.8 Å². The summed E-state index contributed by atoms with van der Waals surface area (Å²) in [5.41, 5.74) is 4.97. The minimum Gasteiger partial charge on any atom is -0.508 e. The van der Waals surface area contributed by atoms with Gasteiger partial charge in [0.05, 0.1) is 41.3 Å². The van der Waals surface area contributed by atoms with E-state index in [1.54, 1.807) is 20.8 Å². The van der Waals surface area contributed by atoms with Gasteiger partial charge in [0.2, 0.25) is 53.4 Å². The first-order valence-corrected chi connectivity index (χ1v) is 39.3. The Morgan fingerprint density at radius 3 is 1.97 bits per heavy atom. The number of carbonyl (C=O) groups is 9. The number of nitrogens with zero attached hydrogens (tertiary/aromatic N) is 2. The standard InChI is InChI=1S/C80H86Cl2F3N13O27/c1-31(2)20-44(87-5)70(110)94-60-62(104)35-9-14-48(42(81)22-35)120-50-24-37-25-51(66(50)124-77-67(65(107)64(106)52(30-99)122-77)123-55-29-79(4,68(108)32(3)119-55)88-17-19-98-18-16-54(90-78(98)118)96-97-69(109)33-6-11-39(12-7-33)125-80(83,84)85)121-49-15-10-36(23-43(49)82)63(105)61-75(115)93-59(76(116)117)41-26-38(100)27-47(102)56(41)40-21-34(8-13-46(40)101)57(72(112)95-61)92-73(113)58(37)91-71(111)45(28-53(86)103)89-74(60)114/h6-16,18,21-27,31-32,44-45,52,55,57-65,67-68,77,87-88,99-102,104-108H,17,19-20,28-30H2,1-5H3,(H2,86,103)(H,89,114)(H,91,111)(H,92,113)(H,93,115)(H,94,110)(H,95,112)(H,97,109)(H,116,117)(H,90,96,118)/t32-,44+,45+,52+,55+,57+,58?,59-,60-,61-,62-,63-,64-,65-,67-,68+,77?,79?/m1/s1. The molecule has 45 heteroatoms.